The lowest BCUT2D eigenvalue weighted by Gasteiger charge is -2.36. The van der Waals surface area contributed by atoms with Crippen LogP contribution in [0.25, 0.3) is 0 Å². The number of ether oxygens (including phenoxy) is 2. The van der Waals surface area contributed by atoms with Crippen molar-refractivity contribution in [2.75, 3.05) is 6.61 Å². The number of hydrogen-bond donors (Lipinski definition) is 1. The zero-order valence-corrected chi connectivity index (χ0v) is 20.0. The fraction of sp³-hybridized carbons (Fsp3) is 0.375. The smallest absolute Gasteiger partial charge is 0.286 e. The molecule has 0 radical (unpaired) electrons. The number of carbonyl (C=O) groups is 3. The Morgan fingerprint density at radius 1 is 1.15 bits per heavy atom. The molecule has 2 amide bonds. The van der Waals surface area contributed by atoms with Crippen LogP contribution in [0.4, 0.5) is 10.5 Å². The molecular weight excluding hydrogens is 460 g/mol. The van der Waals surface area contributed by atoms with Crippen LogP contribution >= 0.6 is 11.8 Å². The van der Waals surface area contributed by atoms with Crippen molar-refractivity contribution in [2.45, 2.75) is 51.4 Å². The molecule has 4 rings (SSSR count). The topological polar surface area (TPSA) is 125 Å². The van der Waals surface area contributed by atoms with Crippen LogP contribution in [-0.4, -0.2) is 39.3 Å². The minimum atomic E-state index is -0.943. The van der Waals surface area contributed by atoms with E-state index in [0.717, 1.165) is 17.3 Å². The molecule has 0 bridgehead atoms. The Kier molecular flexibility index (Phi) is 6.11. The first kappa shape index (κ1) is 23.7. The van der Waals surface area contributed by atoms with Gasteiger partial charge >= 0.3 is 0 Å². The van der Waals surface area contributed by atoms with E-state index in [0.29, 0.717) is 34.6 Å². The molecule has 9 nitrogen and oxygen atoms in total. The minimum absolute atomic E-state index is 0.0284. The molecule has 1 fully saturated rings. The summed E-state index contributed by atoms with van der Waals surface area (Å²) < 4.78 is 12.1. The fourth-order valence-corrected chi connectivity index (χ4v) is 5.19. The number of nitrogens with zero attached hydrogens (tertiary/aromatic N) is 1. The Morgan fingerprint density at radius 2 is 1.82 bits per heavy atom. The molecule has 2 unspecified atom stereocenters. The molecule has 2 aliphatic rings. The summed E-state index contributed by atoms with van der Waals surface area (Å²) in [5, 5.41) is 13.0. The number of thioether (sulfide) groups is 1. The zero-order chi connectivity index (χ0) is 24.8. The van der Waals surface area contributed by atoms with Gasteiger partial charge in [0.05, 0.1) is 22.2 Å². The molecule has 0 aliphatic carbocycles. The molecule has 0 saturated carbocycles. The highest BCUT2D eigenvalue weighted by Gasteiger charge is 2.41. The van der Waals surface area contributed by atoms with Gasteiger partial charge in [0.1, 0.15) is 23.7 Å². The van der Waals surface area contributed by atoms with Gasteiger partial charge in [0.15, 0.2) is 5.78 Å². The third-order valence-electron chi connectivity index (χ3n) is 6.22. The van der Waals surface area contributed by atoms with E-state index in [4.69, 9.17) is 9.47 Å². The number of Topliss-reactive ketones (excluding diaryl/α,β-unsaturated/α-hetero) is 1. The maximum atomic E-state index is 13.0. The van der Waals surface area contributed by atoms with Gasteiger partial charge in [-0.2, -0.15) is 0 Å². The van der Waals surface area contributed by atoms with Crippen molar-refractivity contribution < 1.29 is 28.8 Å². The second kappa shape index (κ2) is 8.75. The molecule has 10 heteroatoms. The van der Waals surface area contributed by atoms with Gasteiger partial charge in [-0.25, -0.2) is 0 Å². The summed E-state index contributed by atoms with van der Waals surface area (Å²) in [5.74, 6) is 0.446. The Bertz CT molecular complexity index is 1230. The predicted molar refractivity (Wildman–Crippen MR) is 126 cm³/mol. The van der Waals surface area contributed by atoms with Gasteiger partial charge in [-0.15, -0.1) is 0 Å². The second-order valence-corrected chi connectivity index (χ2v) is 10.0. The van der Waals surface area contributed by atoms with E-state index in [2.05, 4.69) is 5.32 Å². The lowest BCUT2D eigenvalue weighted by molar-refractivity contribution is -0.386. The average Bonchev–Trinajstić information content (AvgIpc) is 3.07. The molecule has 1 saturated heterocycles. The first-order valence-corrected chi connectivity index (χ1v) is 11.6. The molecule has 2 aromatic rings. The summed E-state index contributed by atoms with van der Waals surface area (Å²) in [4.78, 5) is 47.2. The molecule has 2 aromatic carbocycles. The number of ketones is 1. The van der Waals surface area contributed by atoms with Crippen LogP contribution in [0.15, 0.2) is 24.3 Å². The Labute approximate surface area is 200 Å². The number of nitro groups is 1. The number of imide groups is 1. The average molecular weight is 485 g/mol. The zero-order valence-electron chi connectivity index (χ0n) is 19.2. The van der Waals surface area contributed by atoms with E-state index in [-0.39, 0.29) is 41.2 Å². The lowest BCUT2D eigenvalue weighted by Crippen LogP contribution is -2.45. The highest BCUT2D eigenvalue weighted by Crippen LogP contribution is 2.43. The van der Waals surface area contributed by atoms with Gasteiger partial charge in [-0.1, -0.05) is 23.9 Å². The number of fused-ring (bicyclic) bond motifs is 1. The molecule has 0 aromatic heterocycles. The number of nitro benzene ring substituents is 1. The maximum absolute atomic E-state index is 13.0. The summed E-state index contributed by atoms with van der Waals surface area (Å²) in [6.07, 6.45) is 0.458. The van der Waals surface area contributed by atoms with Crippen molar-refractivity contribution in [3.8, 4) is 11.5 Å². The first-order chi connectivity index (χ1) is 16.0. The quantitative estimate of drug-likeness (QED) is 0.477. The van der Waals surface area contributed by atoms with Gasteiger partial charge in [-0.05, 0) is 51.8 Å². The molecular formula is C24H24N2O7S. The second-order valence-electron chi connectivity index (χ2n) is 8.86. The van der Waals surface area contributed by atoms with E-state index in [1.54, 1.807) is 39.8 Å². The number of hydrogen-bond acceptors (Lipinski definition) is 8. The predicted octanol–water partition coefficient (Wildman–Crippen LogP) is 4.22. The van der Waals surface area contributed by atoms with Crippen LogP contribution in [0.1, 0.15) is 46.0 Å². The van der Waals surface area contributed by atoms with Crippen molar-refractivity contribution in [3.05, 3.63) is 62.2 Å². The van der Waals surface area contributed by atoms with Crippen molar-refractivity contribution >= 4 is 34.4 Å². The molecule has 178 valence electrons. The number of rotatable bonds is 6. The normalized spacial score (nSPS) is 21.6. The molecule has 2 heterocycles. The molecule has 2 atom stereocenters. The molecule has 0 spiro atoms. The third-order valence-corrected chi connectivity index (χ3v) is 7.20. The van der Waals surface area contributed by atoms with E-state index < -0.39 is 15.8 Å². The Hall–Kier alpha value is -3.40. The number of amides is 2. The van der Waals surface area contributed by atoms with E-state index in [1.165, 1.54) is 0 Å². The number of benzene rings is 2. The van der Waals surface area contributed by atoms with Gasteiger partial charge < -0.3 is 9.47 Å². The van der Waals surface area contributed by atoms with Crippen molar-refractivity contribution in [3.63, 3.8) is 0 Å². The Morgan fingerprint density at radius 3 is 2.41 bits per heavy atom. The van der Waals surface area contributed by atoms with Crippen molar-refractivity contribution in [1.82, 2.24) is 5.32 Å². The van der Waals surface area contributed by atoms with Crippen LogP contribution in [0.3, 0.4) is 0 Å². The Balaban J connectivity index is 1.47. The molecule has 1 N–H and O–H groups in total. The van der Waals surface area contributed by atoms with E-state index in [1.807, 2.05) is 12.1 Å². The summed E-state index contributed by atoms with van der Waals surface area (Å²) in [6, 6.07) is 7.18. The highest BCUT2D eigenvalue weighted by molar-refractivity contribution is 8.15. The largest absolute Gasteiger partial charge is 0.489 e. The molecule has 2 aliphatic heterocycles. The van der Waals surface area contributed by atoms with Crippen molar-refractivity contribution in [1.29, 1.82) is 0 Å². The van der Waals surface area contributed by atoms with Crippen LogP contribution in [0.5, 0.6) is 11.5 Å². The summed E-state index contributed by atoms with van der Waals surface area (Å²) in [7, 11) is 0. The summed E-state index contributed by atoms with van der Waals surface area (Å²) in [5.41, 5.74) is 1.54. The summed E-state index contributed by atoms with van der Waals surface area (Å²) in [6.45, 7) is 6.83. The van der Waals surface area contributed by atoms with Gasteiger partial charge in [-0.3, -0.25) is 29.8 Å². The van der Waals surface area contributed by atoms with Gasteiger partial charge in [0.25, 0.3) is 10.9 Å². The van der Waals surface area contributed by atoms with Crippen LogP contribution in [-0.2, 0) is 11.2 Å². The third kappa shape index (κ3) is 4.37. The minimum Gasteiger partial charge on any atom is -0.489 e. The number of nitrogens with one attached hydrogen (secondary N) is 1. The van der Waals surface area contributed by atoms with Crippen molar-refractivity contribution in [2.24, 2.45) is 0 Å². The van der Waals surface area contributed by atoms with Crippen LogP contribution < -0.4 is 14.8 Å². The monoisotopic (exact) mass is 484 g/mol. The van der Waals surface area contributed by atoms with Crippen LogP contribution in [0.2, 0.25) is 0 Å². The SMILES string of the molecule is Cc1c(C)c([N+](=O)[O-])c(C)c2c1OC(C)(COc1ccc(CC3SC(=O)NC3=O)cc1)CC2=O. The summed E-state index contributed by atoms with van der Waals surface area (Å²) >= 11 is 0.985. The van der Waals surface area contributed by atoms with Gasteiger partial charge in [0, 0.05) is 16.7 Å². The van der Waals surface area contributed by atoms with E-state index >= 15 is 0 Å². The first-order valence-electron chi connectivity index (χ1n) is 10.7. The number of carbonyl (C=O) groups excluding carboxylic acids is 3. The van der Waals surface area contributed by atoms with Crippen LogP contribution in [0, 0.1) is 30.9 Å². The standard InChI is InChI=1S/C24H24N2O7S/c1-12-13(2)21-19(14(3)20(12)26(30)31)17(27)10-24(4,33-21)11-32-16-7-5-15(6-8-16)9-18-22(28)25-23(29)34-18/h5-8,18H,9-11H2,1-4H3,(H,25,28,29). The fourth-order valence-electron chi connectivity index (χ4n) is 4.33. The lowest BCUT2D eigenvalue weighted by atomic mass is 9.86. The van der Waals surface area contributed by atoms with E-state index in [9.17, 15) is 24.5 Å². The highest BCUT2D eigenvalue weighted by atomic mass is 32.2. The molecule has 34 heavy (non-hydrogen) atoms. The van der Waals surface area contributed by atoms with Gasteiger partial charge in [0.2, 0.25) is 5.91 Å². The maximum Gasteiger partial charge on any atom is 0.286 e.